The molecule has 2 aromatic rings. The van der Waals surface area contributed by atoms with Gasteiger partial charge < -0.3 is 15.2 Å². The zero-order chi connectivity index (χ0) is 14.8. The molecular weight excluding hydrogens is 273 g/mol. The molecule has 0 aliphatic carbocycles. The standard InChI is InChI=1S/C16H14FNO3/c17-13-9-11(19)5-6-14(13)18-16(20)15-12-4-2-1-3-10(12)7-8-21-15/h1-6,9,15,19H,7-8H2,(H,18,20). The molecule has 0 saturated carbocycles. The van der Waals surface area contributed by atoms with Crippen LogP contribution in [0.5, 0.6) is 5.75 Å². The molecule has 0 bridgehead atoms. The first-order valence-electron chi connectivity index (χ1n) is 6.64. The van der Waals surface area contributed by atoms with Gasteiger partial charge in [-0.1, -0.05) is 24.3 Å². The third-order valence-corrected chi connectivity index (χ3v) is 3.44. The Bertz CT molecular complexity index is 687. The van der Waals surface area contributed by atoms with Crippen LogP contribution in [0, 0.1) is 5.82 Å². The van der Waals surface area contributed by atoms with Crippen LogP contribution in [-0.2, 0) is 16.0 Å². The number of hydrogen-bond acceptors (Lipinski definition) is 3. The smallest absolute Gasteiger partial charge is 0.258 e. The van der Waals surface area contributed by atoms with E-state index in [1.807, 2.05) is 24.3 Å². The summed E-state index contributed by atoms with van der Waals surface area (Å²) in [7, 11) is 0. The van der Waals surface area contributed by atoms with E-state index in [0.717, 1.165) is 23.6 Å². The number of rotatable bonds is 2. The summed E-state index contributed by atoms with van der Waals surface area (Å²) in [5.74, 6) is -1.30. The molecule has 21 heavy (non-hydrogen) atoms. The summed E-state index contributed by atoms with van der Waals surface area (Å²) in [6, 6.07) is 11.1. The van der Waals surface area contributed by atoms with Crippen molar-refractivity contribution in [2.75, 3.05) is 11.9 Å². The highest BCUT2D eigenvalue weighted by atomic mass is 19.1. The van der Waals surface area contributed by atoms with Crippen molar-refractivity contribution in [2.24, 2.45) is 0 Å². The maximum absolute atomic E-state index is 13.7. The van der Waals surface area contributed by atoms with Crippen molar-refractivity contribution in [1.82, 2.24) is 0 Å². The van der Waals surface area contributed by atoms with Crippen LogP contribution < -0.4 is 5.32 Å². The fourth-order valence-electron chi connectivity index (χ4n) is 2.41. The molecule has 1 amide bonds. The predicted octanol–water partition coefficient (Wildman–Crippen LogP) is 2.78. The minimum Gasteiger partial charge on any atom is -0.508 e. The molecule has 1 atom stereocenters. The number of aromatic hydroxyl groups is 1. The molecule has 108 valence electrons. The zero-order valence-electron chi connectivity index (χ0n) is 11.2. The van der Waals surface area contributed by atoms with Gasteiger partial charge >= 0.3 is 0 Å². The van der Waals surface area contributed by atoms with Gasteiger partial charge in [-0.3, -0.25) is 4.79 Å². The van der Waals surface area contributed by atoms with Crippen molar-refractivity contribution in [3.8, 4) is 5.75 Å². The average molecular weight is 287 g/mol. The van der Waals surface area contributed by atoms with E-state index >= 15 is 0 Å². The van der Waals surface area contributed by atoms with E-state index in [9.17, 15) is 14.3 Å². The number of halogens is 1. The number of hydrogen-bond donors (Lipinski definition) is 2. The van der Waals surface area contributed by atoms with Crippen LogP contribution >= 0.6 is 0 Å². The summed E-state index contributed by atoms with van der Waals surface area (Å²) in [5.41, 5.74) is 1.89. The summed E-state index contributed by atoms with van der Waals surface area (Å²) >= 11 is 0. The highest BCUT2D eigenvalue weighted by Crippen LogP contribution is 2.29. The topological polar surface area (TPSA) is 58.6 Å². The van der Waals surface area contributed by atoms with Crippen molar-refractivity contribution in [1.29, 1.82) is 0 Å². The van der Waals surface area contributed by atoms with E-state index in [4.69, 9.17) is 4.74 Å². The van der Waals surface area contributed by atoms with Crippen LogP contribution in [0.2, 0.25) is 0 Å². The molecule has 3 rings (SSSR count). The van der Waals surface area contributed by atoms with Crippen molar-refractivity contribution >= 4 is 11.6 Å². The summed E-state index contributed by atoms with van der Waals surface area (Å²) in [4.78, 5) is 12.3. The fraction of sp³-hybridized carbons (Fsp3) is 0.188. The molecule has 2 aromatic carbocycles. The maximum atomic E-state index is 13.7. The molecule has 1 aliphatic heterocycles. The lowest BCUT2D eigenvalue weighted by molar-refractivity contribution is -0.128. The monoisotopic (exact) mass is 287 g/mol. The molecule has 2 N–H and O–H groups in total. The molecular formula is C16H14FNO3. The molecule has 0 aromatic heterocycles. The van der Waals surface area contributed by atoms with E-state index in [2.05, 4.69) is 5.32 Å². The molecule has 0 fully saturated rings. The molecule has 0 saturated heterocycles. The fourth-order valence-corrected chi connectivity index (χ4v) is 2.41. The van der Waals surface area contributed by atoms with Gasteiger partial charge in [0.1, 0.15) is 11.6 Å². The molecule has 0 spiro atoms. The predicted molar refractivity (Wildman–Crippen MR) is 75.5 cm³/mol. The Morgan fingerprint density at radius 1 is 1.29 bits per heavy atom. The van der Waals surface area contributed by atoms with Crippen LogP contribution in [0.3, 0.4) is 0 Å². The molecule has 1 heterocycles. The minimum absolute atomic E-state index is 0.0180. The Labute approximate surface area is 121 Å². The number of amides is 1. The number of ether oxygens (including phenoxy) is 1. The largest absolute Gasteiger partial charge is 0.508 e. The van der Waals surface area contributed by atoms with Crippen LogP contribution in [0.15, 0.2) is 42.5 Å². The highest BCUT2D eigenvalue weighted by Gasteiger charge is 2.27. The number of benzene rings is 2. The number of fused-ring (bicyclic) bond motifs is 1. The van der Waals surface area contributed by atoms with Crippen LogP contribution in [0.25, 0.3) is 0 Å². The van der Waals surface area contributed by atoms with Gasteiger partial charge in [-0.15, -0.1) is 0 Å². The molecule has 1 unspecified atom stereocenters. The van der Waals surface area contributed by atoms with Gasteiger partial charge in [0.2, 0.25) is 0 Å². The Kier molecular flexibility index (Phi) is 3.58. The Morgan fingerprint density at radius 2 is 2.10 bits per heavy atom. The SMILES string of the molecule is O=C(Nc1ccc(O)cc1F)C1OCCc2ccccc21. The number of phenols is 1. The first-order valence-corrected chi connectivity index (χ1v) is 6.64. The number of nitrogens with one attached hydrogen (secondary N) is 1. The number of carbonyl (C=O) groups excluding carboxylic acids is 1. The lowest BCUT2D eigenvalue weighted by Gasteiger charge is -2.25. The lowest BCUT2D eigenvalue weighted by atomic mass is 9.97. The first kappa shape index (κ1) is 13.6. The van der Waals surface area contributed by atoms with Crippen LogP contribution in [0.4, 0.5) is 10.1 Å². The van der Waals surface area contributed by atoms with Crippen LogP contribution in [0.1, 0.15) is 17.2 Å². The van der Waals surface area contributed by atoms with Gasteiger partial charge in [-0.25, -0.2) is 4.39 Å². The van der Waals surface area contributed by atoms with Gasteiger partial charge in [-0.05, 0) is 29.7 Å². The molecule has 0 radical (unpaired) electrons. The Hall–Kier alpha value is -2.40. The van der Waals surface area contributed by atoms with Crippen molar-refractivity contribution in [3.63, 3.8) is 0 Å². The molecule has 1 aliphatic rings. The Balaban J connectivity index is 1.83. The quantitative estimate of drug-likeness (QED) is 0.835. The third-order valence-electron chi connectivity index (χ3n) is 3.44. The van der Waals surface area contributed by atoms with Crippen molar-refractivity contribution in [3.05, 3.63) is 59.4 Å². The second-order valence-corrected chi connectivity index (χ2v) is 4.85. The number of phenolic OH excluding ortho intramolecular Hbond substituents is 1. The van der Waals surface area contributed by atoms with E-state index < -0.39 is 17.8 Å². The van der Waals surface area contributed by atoms with Gasteiger partial charge in [-0.2, -0.15) is 0 Å². The van der Waals surface area contributed by atoms with Gasteiger partial charge in [0, 0.05) is 6.07 Å². The second-order valence-electron chi connectivity index (χ2n) is 4.85. The maximum Gasteiger partial charge on any atom is 0.258 e. The van der Waals surface area contributed by atoms with Gasteiger partial charge in [0.15, 0.2) is 6.10 Å². The van der Waals surface area contributed by atoms with Crippen LogP contribution in [-0.4, -0.2) is 17.6 Å². The molecule has 4 nitrogen and oxygen atoms in total. The lowest BCUT2D eigenvalue weighted by Crippen LogP contribution is -2.28. The zero-order valence-corrected chi connectivity index (χ0v) is 11.2. The van der Waals surface area contributed by atoms with Gasteiger partial charge in [0.25, 0.3) is 5.91 Å². The highest BCUT2D eigenvalue weighted by molar-refractivity contribution is 5.95. The number of carbonyl (C=O) groups is 1. The summed E-state index contributed by atoms with van der Waals surface area (Å²) in [6.07, 6.45) is 0.0104. The third kappa shape index (κ3) is 2.73. The van der Waals surface area contributed by atoms with Crippen molar-refractivity contribution < 1.29 is 19.0 Å². The summed E-state index contributed by atoms with van der Waals surface area (Å²) in [6.45, 7) is 0.452. The van der Waals surface area contributed by atoms with E-state index in [0.29, 0.717) is 6.61 Å². The Morgan fingerprint density at radius 3 is 2.90 bits per heavy atom. The minimum atomic E-state index is -0.747. The van der Waals surface area contributed by atoms with E-state index in [1.165, 1.54) is 12.1 Å². The second kappa shape index (κ2) is 5.54. The van der Waals surface area contributed by atoms with Gasteiger partial charge in [0.05, 0.1) is 12.3 Å². The first-order chi connectivity index (χ1) is 10.1. The molecule has 5 heteroatoms. The van der Waals surface area contributed by atoms with E-state index in [-0.39, 0.29) is 11.4 Å². The normalized spacial score (nSPS) is 17.1. The average Bonchev–Trinajstić information content (AvgIpc) is 2.49. The van der Waals surface area contributed by atoms with Crippen molar-refractivity contribution in [2.45, 2.75) is 12.5 Å². The summed E-state index contributed by atoms with van der Waals surface area (Å²) < 4.78 is 19.2. The van der Waals surface area contributed by atoms with E-state index in [1.54, 1.807) is 0 Å². The summed E-state index contributed by atoms with van der Waals surface area (Å²) in [5, 5.41) is 11.7. The number of anilines is 1.